The molecule has 1 heterocycles. The third-order valence-corrected chi connectivity index (χ3v) is 6.96. The van der Waals surface area contributed by atoms with Crippen molar-refractivity contribution in [2.24, 2.45) is 5.92 Å². The van der Waals surface area contributed by atoms with Crippen LogP contribution in [0.5, 0.6) is 0 Å². The Hall–Kier alpha value is -0.620. The molecule has 5 nitrogen and oxygen atoms in total. The van der Waals surface area contributed by atoms with Gasteiger partial charge in [-0.2, -0.15) is 0 Å². The molecule has 0 N–H and O–H groups in total. The zero-order valence-corrected chi connectivity index (χ0v) is 15.2. The number of nitrogens with zero attached hydrogens (tertiary/aromatic N) is 1. The summed E-state index contributed by atoms with van der Waals surface area (Å²) in [4.78, 5) is 14.5. The normalized spacial score (nSPS) is 24.7. The molecule has 1 saturated heterocycles. The van der Waals surface area contributed by atoms with E-state index in [1.807, 2.05) is 4.90 Å². The molecule has 0 spiro atoms. The van der Waals surface area contributed by atoms with E-state index >= 15 is 0 Å². The monoisotopic (exact) mass is 345 g/mol. The highest BCUT2D eigenvalue weighted by Crippen LogP contribution is 2.28. The summed E-state index contributed by atoms with van der Waals surface area (Å²) in [5.41, 5.74) is 0. The van der Waals surface area contributed by atoms with E-state index in [9.17, 15) is 13.2 Å². The van der Waals surface area contributed by atoms with Gasteiger partial charge in [-0.15, -0.1) is 0 Å². The van der Waals surface area contributed by atoms with Gasteiger partial charge in [0, 0.05) is 32.7 Å². The molecule has 6 heteroatoms. The predicted molar refractivity (Wildman–Crippen MR) is 91.1 cm³/mol. The van der Waals surface area contributed by atoms with Crippen molar-refractivity contribution in [1.82, 2.24) is 4.90 Å². The molecule has 1 unspecified atom stereocenters. The maximum Gasteiger partial charge on any atom is 0.222 e. The van der Waals surface area contributed by atoms with Crippen molar-refractivity contribution >= 4 is 15.7 Å². The van der Waals surface area contributed by atoms with Crippen molar-refractivity contribution in [3.05, 3.63) is 0 Å². The number of carbonyl (C=O) groups is 1. The molecule has 0 aromatic heterocycles. The Morgan fingerprint density at radius 3 is 2.52 bits per heavy atom. The second-order valence-electron chi connectivity index (χ2n) is 7.03. The predicted octanol–water partition coefficient (Wildman–Crippen LogP) is 2.40. The number of sulfone groups is 1. The number of carbonyl (C=O) groups excluding carboxylic acids is 1. The largest absolute Gasteiger partial charge is 0.385 e. The molecule has 0 aromatic rings. The molecule has 2 aliphatic rings. The van der Waals surface area contributed by atoms with E-state index in [-0.39, 0.29) is 23.5 Å². The maximum atomic E-state index is 12.7. The molecule has 1 aliphatic heterocycles. The third kappa shape index (κ3) is 6.07. The van der Waals surface area contributed by atoms with Crippen molar-refractivity contribution in [2.75, 3.05) is 31.8 Å². The molecule has 1 amide bonds. The lowest BCUT2D eigenvalue weighted by atomic mass is 9.86. The van der Waals surface area contributed by atoms with Gasteiger partial charge in [0.15, 0.2) is 9.84 Å². The molecule has 0 radical (unpaired) electrons. The van der Waals surface area contributed by atoms with Crippen molar-refractivity contribution in [2.45, 2.75) is 63.8 Å². The first-order valence-electron chi connectivity index (χ1n) is 9.00. The van der Waals surface area contributed by atoms with Crippen LogP contribution in [0.25, 0.3) is 0 Å². The standard InChI is InChI=1S/C17H31NO4S/c1-22-12-5-11-18(16-10-13-23(20,21)14-16)17(19)9-8-15-6-3-2-4-7-15/h15-16H,2-14H2,1H3. The summed E-state index contributed by atoms with van der Waals surface area (Å²) >= 11 is 0. The molecule has 0 aromatic carbocycles. The first-order valence-corrected chi connectivity index (χ1v) is 10.8. The number of hydrogen-bond acceptors (Lipinski definition) is 4. The Morgan fingerprint density at radius 2 is 1.91 bits per heavy atom. The zero-order chi connectivity index (χ0) is 16.7. The van der Waals surface area contributed by atoms with E-state index in [0.29, 0.717) is 31.9 Å². The van der Waals surface area contributed by atoms with Crippen LogP contribution in [0.2, 0.25) is 0 Å². The molecule has 1 saturated carbocycles. The highest BCUT2D eigenvalue weighted by atomic mass is 32.2. The topological polar surface area (TPSA) is 63.7 Å². The van der Waals surface area contributed by atoms with Gasteiger partial charge < -0.3 is 9.64 Å². The van der Waals surface area contributed by atoms with Crippen molar-refractivity contribution in [1.29, 1.82) is 0 Å². The average Bonchev–Trinajstić information content (AvgIpc) is 2.90. The van der Waals surface area contributed by atoms with Crippen LogP contribution < -0.4 is 0 Å². The number of rotatable bonds is 8. The summed E-state index contributed by atoms with van der Waals surface area (Å²) in [5, 5.41) is 0. The van der Waals surface area contributed by atoms with Gasteiger partial charge >= 0.3 is 0 Å². The SMILES string of the molecule is COCCCN(C(=O)CCC1CCCCC1)C1CCS(=O)(=O)C1. The van der Waals surface area contributed by atoms with Crippen LogP contribution in [0.3, 0.4) is 0 Å². The minimum atomic E-state index is -2.97. The van der Waals surface area contributed by atoms with Crippen LogP contribution in [0.1, 0.15) is 57.8 Å². The smallest absolute Gasteiger partial charge is 0.222 e. The van der Waals surface area contributed by atoms with Crippen molar-refractivity contribution in [3.63, 3.8) is 0 Å². The van der Waals surface area contributed by atoms with Gasteiger partial charge in [0.1, 0.15) is 0 Å². The van der Waals surface area contributed by atoms with Crippen LogP contribution in [-0.4, -0.2) is 57.0 Å². The van der Waals surface area contributed by atoms with E-state index in [2.05, 4.69) is 0 Å². The second kappa shape index (κ2) is 9.02. The fourth-order valence-corrected chi connectivity index (χ4v) is 5.59. The lowest BCUT2D eigenvalue weighted by Crippen LogP contribution is -2.42. The molecular formula is C17H31NO4S. The highest BCUT2D eigenvalue weighted by molar-refractivity contribution is 7.91. The summed E-state index contributed by atoms with van der Waals surface area (Å²) in [5.74, 6) is 1.17. The van der Waals surface area contributed by atoms with Gasteiger partial charge in [0.25, 0.3) is 0 Å². The Morgan fingerprint density at radius 1 is 1.17 bits per heavy atom. The van der Waals surface area contributed by atoms with Gasteiger partial charge in [0.2, 0.25) is 5.91 Å². The minimum Gasteiger partial charge on any atom is -0.385 e. The van der Waals surface area contributed by atoms with Gasteiger partial charge in [-0.25, -0.2) is 8.42 Å². The van der Waals surface area contributed by atoms with Crippen LogP contribution in [0.4, 0.5) is 0 Å². The first-order chi connectivity index (χ1) is 11.0. The first kappa shape index (κ1) is 18.7. The van der Waals surface area contributed by atoms with Gasteiger partial charge in [-0.1, -0.05) is 32.1 Å². The summed E-state index contributed by atoms with van der Waals surface area (Å²) in [6.45, 7) is 1.21. The quantitative estimate of drug-likeness (QED) is 0.634. The molecule has 2 fully saturated rings. The van der Waals surface area contributed by atoms with Crippen LogP contribution in [0, 0.1) is 5.92 Å². The lowest BCUT2D eigenvalue weighted by Gasteiger charge is -2.29. The number of hydrogen-bond donors (Lipinski definition) is 0. The molecule has 23 heavy (non-hydrogen) atoms. The van der Waals surface area contributed by atoms with E-state index in [1.54, 1.807) is 7.11 Å². The molecule has 2 rings (SSSR count). The summed E-state index contributed by atoms with van der Waals surface area (Å²) in [6, 6.07) is -0.129. The van der Waals surface area contributed by atoms with Gasteiger partial charge in [-0.3, -0.25) is 4.79 Å². The van der Waals surface area contributed by atoms with Crippen LogP contribution in [0.15, 0.2) is 0 Å². The number of amides is 1. The molecule has 1 aliphatic carbocycles. The van der Waals surface area contributed by atoms with Gasteiger partial charge in [0.05, 0.1) is 11.5 Å². The fourth-order valence-electron chi connectivity index (χ4n) is 3.86. The Kier molecular flexibility index (Phi) is 7.34. The number of methoxy groups -OCH3 is 1. The molecule has 0 bridgehead atoms. The summed E-state index contributed by atoms with van der Waals surface area (Å²) < 4.78 is 28.6. The van der Waals surface area contributed by atoms with E-state index in [0.717, 1.165) is 12.8 Å². The minimum absolute atomic E-state index is 0.129. The molecular weight excluding hydrogens is 314 g/mol. The van der Waals surface area contributed by atoms with Crippen molar-refractivity contribution in [3.8, 4) is 0 Å². The summed E-state index contributed by atoms with van der Waals surface area (Å²) in [6.07, 6.45) is 9.27. The maximum absolute atomic E-state index is 12.7. The fraction of sp³-hybridized carbons (Fsp3) is 0.941. The summed E-state index contributed by atoms with van der Waals surface area (Å²) in [7, 11) is -1.32. The van der Waals surface area contributed by atoms with Crippen LogP contribution >= 0.6 is 0 Å². The van der Waals surface area contributed by atoms with Crippen molar-refractivity contribution < 1.29 is 17.9 Å². The Balaban J connectivity index is 1.88. The Labute approximate surface area is 140 Å². The highest BCUT2D eigenvalue weighted by Gasteiger charge is 2.34. The average molecular weight is 346 g/mol. The third-order valence-electron chi connectivity index (χ3n) is 5.21. The Bertz CT molecular complexity index is 471. The molecule has 134 valence electrons. The van der Waals surface area contributed by atoms with Gasteiger partial charge in [-0.05, 0) is 25.2 Å². The lowest BCUT2D eigenvalue weighted by molar-refractivity contribution is -0.133. The van der Waals surface area contributed by atoms with E-state index in [4.69, 9.17) is 4.74 Å². The second-order valence-corrected chi connectivity index (χ2v) is 9.26. The number of ether oxygens (including phenoxy) is 1. The molecule has 1 atom stereocenters. The van der Waals surface area contributed by atoms with Crippen LogP contribution in [-0.2, 0) is 19.4 Å². The van der Waals surface area contributed by atoms with E-state index in [1.165, 1.54) is 32.1 Å². The zero-order valence-electron chi connectivity index (χ0n) is 14.3. The van der Waals surface area contributed by atoms with E-state index < -0.39 is 9.84 Å².